The van der Waals surface area contributed by atoms with E-state index in [-0.39, 0.29) is 12.1 Å². The van der Waals surface area contributed by atoms with E-state index < -0.39 is 0 Å². The number of carbonyl (C=O) groups is 1. The van der Waals surface area contributed by atoms with Crippen molar-refractivity contribution in [1.82, 2.24) is 10.6 Å². The van der Waals surface area contributed by atoms with Gasteiger partial charge in [-0.15, -0.1) is 11.6 Å². The van der Waals surface area contributed by atoms with Gasteiger partial charge in [0.2, 0.25) is 0 Å². The van der Waals surface area contributed by atoms with Crippen molar-refractivity contribution in [2.45, 2.75) is 19.9 Å². The molecule has 12 heavy (non-hydrogen) atoms. The van der Waals surface area contributed by atoms with E-state index in [4.69, 9.17) is 11.6 Å². The number of rotatable bonds is 4. The first-order valence-corrected chi connectivity index (χ1v) is 4.45. The normalized spacial score (nSPS) is 10.7. The Morgan fingerprint density at radius 3 is 2.67 bits per heavy atom. The fourth-order valence-corrected chi connectivity index (χ4v) is 0.737. The van der Waals surface area contributed by atoms with E-state index in [0.717, 1.165) is 0 Å². The fraction of sp³-hybridized carbons (Fsp3) is 0.625. The summed E-state index contributed by atoms with van der Waals surface area (Å²) in [5.74, 6) is 0.480. The Kier molecular flexibility index (Phi) is 6.57. The molecule has 0 bridgehead atoms. The lowest BCUT2D eigenvalue weighted by atomic mass is 10.4. The van der Waals surface area contributed by atoms with Crippen LogP contribution in [0.15, 0.2) is 12.2 Å². The Hall–Kier alpha value is -0.700. The van der Waals surface area contributed by atoms with Gasteiger partial charge >= 0.3 is 6.03 Å². The summed E-state index contributed by atoms with van der Waals surface area (Å²) in [7, 11) is 0. The lowest BCUT2D eigenvalue weighted by Crippen LogP contribution is -2.39. The predicted octanol–water partition coefficient (Wildman–Crippen LogP) is 1.49. The van der Waals surface area contributed by atoms with Crippen LogP contribution in [0.1, 0.15) is 13.8 Å². The molecule has 0 saturated heterocycles. The van der Waals surface area contributed by atoms with Gasteiger partial charge in [-0.3, -0.25) is 0 Å². The summed E-state index contributed by atoms with van der Waals surface area (Å²) in [6.07, 6.45) is 3.60. The monoisotopic (exact) mass is 190 g/mol. The number of amides is 2. The zero-order valence-electron chi connectivity index (χ0n) is 7.43. The summed E-state index contributed by atoms with van der Waals surface area (Å²) in [5, 5.41) is 5.36. The Morgan fingerprint density at radius 1 is 1.50 bits per heavy atom. The summed E-state index contributed by atoms with van der Waals surface area (Å²) in [5.41, 5.74) is 0. The number of alkyl halides is 1. The van der Waals surface area contributed by atoms with Gasteiger partial charge in [0.1, 0.15) is 0 Å². The van der Waals surface area contributed by atoms with Crippen molar-refractivity contribution in [3.63, 3.8) is 0 Å². The molecule has 2 N–H and O–H groups in total. The summed E-state index contributed by atoms with van der Waals surface area (Å²) in [6.45, 7) is 4.34. The van der Waals surface area contributed by atoms with Crippen LogP contribution in [0, 0.1) is 0 Å². The molecule has 70 valence electrons. The number of hydrogen-bond donors (Lipinski definition) is 2. The average Bonchev–Trinajstić information content (AvgIpc) is 1.97. The topological polar surface area (TPSA) is 41.1 Å². The molecule has 2 amide bonds. The maximum atomic E-state index is 10.9. The number of carbonyl (C=O) groups excluding carboxylic acids is 1. The average molecular weight is 191 g/mol. The molecule has 0 unspecified atom stereocenters. The van der Waals surface area contributed by atoms with E-state index >= 15 is 0 Å². The van der Waals surface area contributed by atoms with Crippen LogP contribution in [0.3, 0.4) is 0 Å². The molecular formula is C8H15ClN2O. The molecule has 0 atom stereocenters. The van der Waals surface area contributed by atoms with Crippen LogP contribution < -0.4 is 10.6 Å². The van der Waals surface area contributed by atoms with Crippen LogP contribution in [-0.2, 0) is 0 Å². The van der Waals surface area contributed by atoms with Crippen molar-refractivity contribution in [3.8, 4) is 0 Å². The Labute approximate surface area is 78.2 Å². The Bertz CT molecular complexity index is 157. The summed E-state index contributed by atoms with van der Waals surface area (Å²) >= 11 is 5.39. The maximum Gasteiger partial charge on any atom is 0.315 e. The van der Waals surface area contributed by atoms with Crippen LogP contribution in [0.4, 0.5) is 4.79 Å². The first-order valence-electron chi connectivity index (χ1n) is 3.92. The number of halogens is 1. The third-order valence-corrected chi connectivity index (χ3v) is 1.23. The molecule has 0 saturated carbocycles. The molecule has 0 fully saturated rings. The number of nitrogens with one attached hydrogen (secondary N) is 2. The second-order valence-electron chi connectivity index (χ2n) is 2.63. The van der Waals surface area contributed by atoms with Crippen molar-refractivity contribution in [3.05, 3.63) is 12.2 Å². The second-order valence-corrected chi connectivity index (χ2v) is 2.94. The van der Waals surface area contributed by atoms with E-state index in [0.29, 0.717) is 12.4 Å². The van der Waals surface area contributed by atoms with Gasteiger partial charge in [-0.05, 0) is 13.8 Å². The van der Waals surface area contributed by atoms with E-state index in [1.54, 1.807) is 6.08 Å². The van der Waals surface area contributed by atoms with Crippen LogP contribution in [-0.4, -0.2) is 24.5 Å². The molecule has 0 aliphatic carbocycles. The summed E-state index contributed by atoms with van der Waals surface area (Å²) in [4.78, 5) is 10.9. The molecule has 0 aromatic rings. The van der Waals surface area contributed by atoms with E-state index in [1.807, 2.05) is 19.9 Å². The standard InChI is InChI=1S/C8H15ClN2O/c1-7(2)11-8(12)10-6-4-3-5-9/h3-4,7H,5-6H2,1-2H3,(H2,10,11,12)/b4-3+. The highest BCUT2D eigenvalue weighted by Gasteiger charge is 1.98. The first-order chi connectivity index (χ1) is 5.66. The smallest absolute Gasteiger partial charge is 0.315 e. The molecule has 0 aromatic heterocycles. The highest BCUT2D eigenvalue weighted by atomic mass is 35.5. The molecule has 0 aliphatic rings. The van der Waals surface area contributed by atoms with Crippen LogP contribution in [0.2, 0.25) is 0 Å². The molecule has 0 aliphatic heterocycles. The van der Waals surface area contributed by atoms with Crippen molar-refractivity contribution in [1.29, 1.82) is 0 Å². The summed E-state index contributed by atoms with van der Waals surface area (Å²) in [6, 6.07) is 0.0197. The molecule has 3 nitrogen and oxygen atoms in total. The molecule has 0 heterocycles. The van der Waals surface area contributed by atoms with Crippen molar-refractivity contribution < 1.29 is 4.79 Å². The minimum Gasteiger partial charge on any atom is -0.336 e. The predicted molar refractivity (Wildman–Crippen MR) is 51.5 cm³/mol. The van der Waals surface area contributed by atoms with Crippen molar-refractivity contribution >= 4 is 17.6 Å². The van der Waals surface area contributed by atoms with E-state index in [1.165, 1.54) is 0 Å². The second kappa shape index (κ2) is 6.98. The van der Waals surface area contributed by atoms with Gasteiger partial charge in [0.25, 0.3) is 0 Å². The van der Waals surface area contributed by atoms with Gasteiger partial charge in [0, 0.05) is 18.5 Å². The van der Waals surface area contributed by atoms with E-state index in [9.17, 15) is 4.79 Å². The fourth-order valence-electron chi connectivity index (χ4n) is 0.611. The minimum atomic E-state index is -0.149. The van der Waals surface area contributed by atoms with Gasteiger partial charge in [-0.1, -0.05) is 12.2 Å². The Morgan fingerprint density at radius 2 is 2.17 bits per heavy atom. The third-order valence-electron chi connectivity index (χ3n) is 1.06. The van der Waals surface area contributed by atoms with Gasteiger partial charge in [-0.25, -0.2) is 4.79 Å². The van der Waals surface area contributed by atoms with E-state index in [2.05, 4.69) is 10.6 Å². The van der Waals surface area contributed by atoms with Crippen molar-refractivity contribution in [2.75, 3.05) is 12.4 Å². The first kappa shape index (κ1) is 11.3. The quantitative estimate of drug-likeness (QED) is 0.512. The largest absolute Gasteiger partial charge is 0.336 e. The van der Waals surface area contributed by atoms with Crippen LogP contribution >= 0.6 is 11.6 Å². The van der Waals surface area contributed by atoms with Gasteiger partial charge in [-0.2, -0.15) is 0 Å². The number of urea groups is 1. The maximum absolute atomic E-state index is 10.9. The molecule has 0 spiro atoms. The third kappa shape index (κ3) is 7.41. The molecular weight excluding hydrogens is 176 g/mol. The van der Waals surface area contributed by atoms with Gasteiger partial charge in [0.15, 0.2) is 0 Å². The SMILES string of the molecule is CC(C)NC(=O)NC/C=C/CCl. The highest BCUT2D eigenvalue weighted by Crippen LogP contribution is 1.78. The number of allylic oxidation sites excluding steroid dienone is 1. The summed E-state index contributed by atoms with van der Waals surface area (Å²) < 4.78 is 0. The molecule has 0 radical (unpaired) electrons. The van der Waals surface area contributed by atoms with Crippen LogP contribution in [0.25, 0.3) is 0 Å². The minimum absolute atomic E-state index is 0.149. The van der Waals surface area contributed by atoms with Gasteiger partial charge in [0.05, 0.1) is 0 Å². The zero-order valence-corrected chi connectivity index (χ0v) is 8.19. The lowest BCUT2D eigenvalue weighted by Gasteiger charge is -2.07. The number of hydrogen-bond acceptors (Lipinski definition) is 1. The Balaban J connectivity index is 3.38. The molecule has 4 heteroatoms. The van der Waals surface area contributed by atoms with Gasteiger partial charge < -0.3 is 10.6 Å². The van der Waals surface area contributed by atoms with Crippen LogP contribution in [0.5, 0.6) is 0 Å². The molecule has 0 rings (SSSR count). The zero-order chi connectivity index (χ0) is 9.40. The van der Waals surface area contributed by atoms with Crippen molar-refractivity contribution in [2.24, 2.45) is 0 Å². The lowest BCUT2D eigenvalue weighted by molar-refractivity contribution is 0.239. The highest BCUT2D eigenvalue weighted by molar-refractivity contribution is 6.18. The molecule has 0 aromatic carbocycles.